The van der Waals surface area contributed by atoms with E-state index in [1.165, 1.54) is 7.11 Å². The molecule has 1 aromatic carbocycles. The first kappa shape index (κ1) is 10.5. The third-order valence-electron chi connectivity index (χ3n) is 1.47. The Balaban J connectivity index is 3.28. The van der Waals surface area contributed by atoms with Crippen LogP contribution in [0.3, 0.4) is 0 Å². The summed E-state index contributed by atoms with van der Waals surface area (Å²) in [7, 11) is 1.33. The van der Waals surface area contributed by atoms with Crippen LogP contribution in [0.2, 0.25) is 0 Å². The molecule has 0 unspecified atom stereocenters. The van der Waals surface area contributed by atoms with Gasteiger partial charge in [0.05, 0.1) is 17.1 Å². The zero-order valence-electron chi connectivity index (χ0n) is 6.80. The van der Waals surface area contributed by atoms with Gasteiger partial charge in [-0.2, -0.15) is 0 Å². The molecular weight excluding hydrogens is 302 g/mol. The molecule has 1 aromatic rings. The number of rotatable bonds is 1. The number of esters is 1. The molecule has 3 nitrogen and oxygen atoms in total. The average molecular weight is 309 g/mol. The Labute approximate surface area is 92.5 Å². The van der Waals surface area contributed by atoms with Gasteiger partial charge in [-0.1, -0.05) is 15.9 Å². The Bertz CT molecular complexity index is 352. The van der Waals surface area contributed by atoms with Crippen molar-refractivity contribution in [2.45, 2.75) is 0 Å². The van der Waals surface area contributed by atoms with E-state index in [9.17, 15) is 4.79 Å². The summed E-state index contributed by atoms with van der Waals surface area (Å²) in [6.45, 7) is 0. The number of hydrogen-bond donors (Lipinski definition) is 1. The maximum Gasteiger partial charge on any atom is 0.339 e. The van der Waals surface area contributed by atoms with Gasteiger partial charge in [-0.15, -0.1) is 0 Å². The number of ether oxygens (including phenoxy) is 1. The molecule has 0 saturated heterocycles. The summed E-state index contributed by atoms with van der Waals surface area (Å²) in [5.41, 5.74) is 6.54. The molecule has 0 saturated carbocycles. The maximum absolute atomic E-state index is 11.2. The predicted molar refractivity (Wildman–Crippen MR) is 57.6 cm³/mol. The molecule has 0 aliphatic carbocycles. The summed E-state index contributed by atoms with van der Waals surface area (Å²) < 4.78 is 5.88. The van der Waals surface area contributed by atoms with Crippen LogP contribution in [0.5, 0.6) is 0 Å². The van der Waals surface area contributed by atoms with Crippen molar-refractivity contribution < 1.29 is 9.53 Å². The molecule has 0 aromatic heterocycles. The minimum absolute atomic E-state index is 0.411. The smallest absolute Gasteiger partial charge is 0.339 e. The minimum Gasteiger partial charge on any atom is -0.465 e. The van der Waals surface area contributed by atoms with Gasteiger partial charge in [-0.3, -0.25) is 0 Å². The summed E-state index contributed by atoms with van der Waals surface area (Å²) in [6.07, 6.45) is 0. The van der Waals surface area contributed by atoms with Crippen molar-refractivity contribution in [1.29, 1.82) is 0 Å². The highest BCUT2D eigenvalue weighted by Crippen LogP contribution is 2.28. The second-order valence-electron chi connectivity index (χ2n) is 2.35. The van der Waals surface area contributed by atoms with Crippen molar-refractivity contribution in [3.63, 3.8) is 0 Å². The number of halogens is 2. The van der Waals surface area contributed by atoms with Crippen LogP contribution >= 0.6 is 31.9 Å². The van der Waals surface area contributed by atoms with Crippen molar-refractivity contribution in [3.8, 4) is 0 Å². The van der Waals surface area contributed by atoms with Crippen molar-refractivity contribution >= 4 is 43.5 Å². The van der Waals surface area contributed by atoms with E-state index >= 15 is 0 Å². The number of benzene rings is 1. The van der Waals surface area contributed by atoms with Gasteiger partial charge in [-0.05, 0) is 28.1 Å². The highest BCUT2D eigenvalue weighted by molar-refractivity contribution is 9.11. The molecule has 0 aliphatic heterocycles. The van der Waals surface area contributed by atoms with Gasteiger partial charge in [0.1, 0.15) is 0 Å². The standard InChI is InChI=1S/C8H7Br2NO2/c1-13-8(12)5-2-4(9)3-6(11)7(5)10/h2-3H,11H2,1H3. The van der Waals surface area contributed by atoms with E-state index in [0.29, 0.717) is 15.7 Å². The van der Waals surface area contributed by atoms with Crippen LogP contribution < -0.4 is 5.73 Å². The molecule has 0 atom stereocenters. The zero-order chi connectivity index (χ0) is 10.0. The van der Waals surface area contributed by atoms with E-state index in [2.05, 4.69) is 36.6 Å². The number of carbonyl (C=O) groups excluding carboxylic acids is 1. The highest BCUT2D eigenvalue weighted by Gasteiger charge is 2.13. The summed E-state index contributed by atoms with van der Waals surface area (Å²) in [4.78, 5) is 11.2. The third-order valence-corrected chi connectivity index (χ3v) is 2.81. The normalized spacial score (nSPS) is 9.77. The molecule has 0 heterocycles. The van der Waals surface area contributed by atoms with Crippen molar-refractivity contribution in [2.75, 3.05) is 12.8 Å². The number of nitrogens with two attached hydrogens (primary N) is 1. The van der Waals surface area contributed by atoms with Gasteiger partial charge in [0, 0.05) is 10.2 Å². The molecule has 1 rings (SSSR count). The Morgan fingerprint density at radius 3 is 2.62 bits per heavy atom. The quantitative estimate of drug-likeness (QED) is 0.641. The number of methoxy groups -OCH3 is 1. The number of hydrogen-bond acceptors (Lipinski definition) is 3. The molecule has 0 spiro atoms. The third kappa shape index (κ3) is 2.22. The maximum atomic E-state index is 11.2. The van der Waals surface area contributed by atoms with Gasteiger partial charge in [0.25, 0.3) is 0 Å². The summed E-state index contributed by atoms with van der Waals surface area (Å²) in [5, 5.41) is 0. The number of carbonyl (C=O) groups is 1. The van der Waals surface area contributed by atoms with Gasteiger partial charge in [-0.25, -0.2) is 4.79 Å². The monoisotopic (exact) mass is 307 g/mol. The highest BCUT2D eigenvalue weighted by atomic mass is 79.9. The van der Waals surface area contributed by atoms with E-state index in [0.717, 1.165) is 4.47 Å². The fourth-order valence-corrected chi connectivity index (χ4v) is 1.74. The van der Waals surface area contributed by atoms with E-state index in [-0.39, 0.29) is 0 Å². The van der Waals surface area contributed by atoms with E-state index < -0.39 is 5.97 Å². The van der Waals surface area contributed by atoms with Crippen molar-refractivity contribution in [2.24, 2.45) is 0 Å². The van der Waals surface area contributed by atoms with Crippen LogP contribution in [-0.4, -0.2) is 13.1 Å². The Kier molecular flexibility index (Phi) is 3.33. The van der Waals surface area contributed by atoms with Crippen molar-refractivity contribution in [1.82, 2.24) is 0 Å². The van der Waals surface area contributed by atoms with Crippen LogP contribution in [0.4, 0.5) is 5.69 Å². The van der Waals surface area contributed by atoms with Gasteiger partial charge in [0.2, 0.25) is 0 Å². The van der Waals surface area contributed by atoms with Crippen molar-refractivity contribution in [3.05, 3.63) is 26.6 Å². The van der Waals surface area contributed by atoms with Gasteiger partial charge >= 0.3 is 5.97 Å². The molecule has 0 fully saturated rings. The van der Waals surface area contributed by atoms with Crippen LogP contribution in [0.25, 0.3) is 0 Å². The molecule has 2 N–H and O–H groups in total. The van der Waals surface area contributed by atoms with E-state index in [4.69, 9.17) is 5.73 Å². The van der Waals surface area contributed by atoms with Crippen LogP contribution in [-0.2, 0) is 4.74 Å². The number of nitrogen functional groups attached to an aromatic ring is 1. The SMILES string of the molecule is COC(=O)c1cc(Br)cc(N)c1Br. The largest absolute Gasteiger partial charge is 0.465 e. The lowest BCUT2D eigenvalue weighted by atomic mass is 10.2. The predicted octanol–water partition coefficient (Wildman–Crippen LogP) is 2.58. The molecule has 0 bridgehead atoms. The Hall–Kier alpha value is -0.550. The fourth-order valence-electron chi connectivity index (χ4n) is 0.869. The van der Waals surface area contributed by atoms with Crippen LogP contribution in [0, 0.1) is 0 Å². The van der Waals surface area contributed by atoms with Crippen LogP contribution in [0.15, 0.2) is 21.1 Å². The Morgan fingerprint density at radius 1 is 1.46 bits per heavy atom. The topological polar surface area (TPSA) is 52.3 Å². The summed E-state index contributed by atoms with van der Waals surface area (Å²) in [5.74, 6) is -0.417. The lowest BCUT2D eigenvalue weighted by Crippen LogP contribution is -2.04. The second-order valence-corrected chi connectivity index (χ2v) is 4.06. The molecule has 5 heteroatoms. The average Bonchev–Trinajstić information content (AvgIpc) is 2.10. The lowest BCUT2D eigenvalue weighted by Gasteiger charge is -2.05. The molecule has 0 radical (unpaired) electrons. The second kappa shape index (κ2) is 4.11. The lowest BCUT2D eigenvalue weighted by molar-refractivity contribution is 0.0599. The molecule has 13 heavy (non-hydrogen) atoms. The van der Waals surface area contributed by atoms with Crippen LogP contribution in [0.1, 0.15) is 10.4 Å². The summed E-state index contributed by atoms with van der Waals surface area (Å²) in [6, 6.07) is 3.35. The molecular formula is C8H7Br2NO2. The zero-order valence-corrected chi connectivity index (χ0v) is 9.98. The first-order valence-electron chi connectivity index (χ1n) is 3.39. The van der Waals surface area contributed by atoms with E-state index in [1.807, 2.05) is 0 Å². The minimum atomic E-state index is -0.417. The van der Waals surface area contributed by atoms with E-state index in [1.54, 1.807) is 12.1 Å². The number of anilines is 1. The molecule has 70 valence electrons. The van der Waals surface area contributed by atoms with Gasteiger partial charge in [0.15, 0.2) is 0 Å². The first-order chi connectivity index (χ1) is 6.06. The molecule has 0 aliphatic rings. The fraction of sp³-hybridized carbons (Fsp3) is 0.125. The molecule has 0 amide bonds. The first-order valence-corrected chi connectivity index (χ1v) is 4.97. The van der Waals surface area contributed by atoms with Gasteiger partial charge < -0.3 is 10.5 Å². The summed E-state index contributed by atoms with van der Waals surface area (Å²) >= 11 is 6.45. The Morgan fingerprint density at radius 2 is 2.08 bits per heavy atom.